The predicted octanol–water partition coefficient (Wildman–Crippen LogP) is 2.09. The van der Waals surface area contributed by atoms with E-state index in [1.807, 2.05) is 10.9 Å². The molecule has 0 radical (unpaired) electrons. The van der Waals surface area contributed by atoms with Crippen molar-refractivity contribution < 1.29 is 0 Å². The smallest absolute Gasteiger partial charge is 0.0538 e. The summed E-state index contributed by atoms with van der Waals surface area (Å²) < 4.78 is 1.95. The fourth-order valence-electron chi connectivity index (χ4n) is 3.18. The van der Waals surface area contributed by atoms with E-state index in [-0.39, 0.29) is 6.04 Å². The van der Waals surface area contributed by atoms with Gasteiger partial charge in [0.1, 0.15) is 0 Å². The van der Waals surface area contributed by atoms with E-state index in [0.29, 0.717) is 16.7 Å². The van der Waals surface area contributed by atoms with E-state index in [1.165, 1.54) is 5.56 Å². The van der Waals surface area contributed by atoms with E-state index in [1.54, 1.807) is 0 Å². The normalized spacial score (nSPS) is 23.6. The summed E-state index contributed by atoms with van der Waals surface area (Å²) in [5.41, 5.74) is 4.80. The van der Waals surface area contributed by atoms with Crippen molar-refractivity contribution in [3.8, 4) is 0 Å². The van der Waals surface area contributed by atoms with Crippen LogP contribution in [0.2, 0.25) is 0 Å². The van der Waals surface area contributed by atoms with Crippen LogP contribution in [0.4, 0.5) is 0 Å². The van der Waals surface area contributed by atoms with E-state index in [9.17, 15) is 0 Å². The van der Waals surface area contributed by atoms with E-state index in [0.717, 1.165) is 6.54 Å². The van der Waals surface area contributed by atoms with Crippen molar-refractivity contribution in [3.05, 3.63) is 18.0 Å². The Morgan fingerprint density at radius 1 is 1.41 bits per heavy atom. The zero-order valence-corrected chi connectivity index (χ0v) is 11.5. The van der Waals surface area contributed by atoms with Crippen LogP contribution in [0.5, 0.6) is 0 Å². The number of nitrogens with one attached hydrogen (secondary N) is 1. The van der Waals surface area contributed by atoms with Gasteiger partial charge in [-0.1, -0.05) is 27.7 Å². The summed E-state index contributed by atoms with van der Waals surface area (Å²) in [5.74, 6) is 6.30. The van der Waals surface area contributed by atoms with Crippen molar-refractivity contribution in [2.45, 2.75) is 47.2 Å². The lowest BCUT2D eigenvalue weighted by Gasteiger charge is -2.16. The van der Waals surface area contributed by atoms with Crippen LogP contribution in [0.25, 0.3) is 0 Å². The molecule has 1 atom stereocenters. The third kappa shape index (κ3) is 1.70. The summed E-state index contributed by atoms with van der Waals surface area (Å²) in [5, 5.41) is 4.33. The first kappa shape index (κ1) is 12.6. The minimum Gasteiger partial charge on any atom is -0.273 e. The number of hydrogen-bond acceptors (Lipinski definition) is 3. The van der Waals surface area contributed by atoms with Crippen LogP contribution in [0.3, 0.4) is 0 Å². The zero-order valence-electron chi connectivity index (χ0n) is 11.5. The van der Waals surface area contributed by atoms with Crippen LogP contribution in [-0.2, 0) is 6.54 Å². The van der Waals surface area contributed by atoms with Gasteiger partial charge in [0.25, 0.3) is 0 Å². The standard InChI is InChI=1S/C13H24N4/c1-6-17-8-9(7-15-17)10(16-14)11-12(2,3)13(11,4)5/h7-8,10-11,16H,6,14H2,1-5H3. The number of aryl methyl sites for hydroxylation is 1. The second kappa shape index (κ2) is 3.82. The molecule has 3 N–H and O–H groups in total. The molecule has 0 saturated heterocycles. The van der Waals surface area contributed by atoms with Crippen LogP contribution < -0.4 is 11.3 Å². The van der Waals surface area contributed by atoms with Crippen LogP contribution in [0.15, 0.2) is 12.4 Å². The SMILES string of the molecule is CCn1cc(C(NN)C2C(C)(C)C2(C)C)cn1. The number of hydrazine groups is 1. The molecule has 2 rings (SSSR count). The number of hydrogen-bond donors (Lipinski definition) is 2. The molecule has 1 aliphatic rings. The zero-order chi connectivity index (χ0) is 12.8. The summed E-state index contributed by atoms with van der Waals surface area (Å²) in [6.45, 7) is 12.2. The third-order valence-corrected chi connectivity index (χ3v) is 4.98. The number of nitrogens with zero attached hydrogens (tertiary/aromatic N) is 2. The number of rotatable bonds is 4. The second-order valence-electron chi connectivity index (χ2n) is 6.19. The summed E-state index contributed by atoms with van der Waals surface area (Å²) >= 11 is 0. The molecule has 4 heteroatoms. The molecule has 0 bridgehead atoms. The molecule has 0 aromatic carbocycles. The van der Waals surface area contributed by atoms with Gasteiger partial charge in [-0.3, -0.25) is 16.0 Å². The highest BCUT2D eigenvalue weighted by atomic mass is 15.3. The molecular formula is C13H24N4. The molecule has 0 amide bonds. The second-order valence-corrected chi connectivity index (χ2v) is 6.19. The van der Waals surface area contributed by atoms with Crippen LogP contribution >= 0.6 is 0 Å². The van der Waals surface area contributed by atoms with E-state index < -0.39 is 0 Å². The lowest BCUT2D eigenvalue weighted by Crippen LogP contribution is -2.31. The molecule has 4 nitrogen and oxygen atoms in total. The van der Waals surface area contributed by atoms with Gasteiger partial charge in [-0.15, -0.1) is 0 Å². The van der Waals surface area contributed by atoms with Gasteiger partial charge in [0.15, 0.2) is 0 Å². The van der Waals surface area contributed by atoms with Crippen LogP contribution in [0.1, 0.15) is 46.2 Å². The molecule has 17 heavy (non-hydrogen) atoms. The Morgan fingerprint density at radius 2 is 2.00 bits per heavy atom. The Balaban J connectivity index is 2.24. The maximum atomic E-state index is 5.75. The lowest BCUT2D eigenvalue weighted by atomic mass is 10.00. The molecule has 96 valence electrons. The Bertz CT molecular complexity index is 391. The van der Waals surface area contributed by atoms with Crippen molar-refractivity contribution in [1.82, 2.24) is 15.2 Å². The molecular weight excluding hydrogens is 212 g/mol. The van der Waals surface area contributed by atoms with Gasteiger partial charge in [-0.05, 0) is 23.7 Å². The summed E-state index contributed by atoms with van der Waals surface area (Å²) in [6, 6.07) is 0.195. The minimum atomic E-state index is 0.195. The molecule has 1 aliphatic carbocycles. The molecule has 1 unspecified atom stereocenters. The van der Waals surface area contributed by atoms with Gasteiger partial charge >= 0.3 is 0 Å². The highest BCUT2D eigenvalue weighted by Crippen LogP contribution is 2.72. The topological polar surface area (TPSA) is 55.9 Å². The van der Waals surface area contributed by atoms with E-state index in [2.05, 4.69) is 51.3 Å². The third-order valence-electron chi connectivity index (χ3n) is 4.98. The Morgan fingerprint density at radius 3 is 2.35 bits per heavy atom. The van der Waals surface area contributed by atoms with Gasteiger partial charge in [0.05, 0.1) is 12.2 Å². The molecule has 1 aromatic rings. The highest BCUT2D eigenvalue weighted by Gasteiger charge is 2.67. The largest absolute Gasteiger partial charge is 0.273 e. The van der Waals surface area contributed by atoms with Crippen molar-refractivity contribution in [2.75, 3.05) is 0 Å². The van der Waals surface area contributed by atoms with Crippen molar-refractivity contribution >= 4 is 0 Å². The average Bonchev–Trinajstić information content (AvgIpc) is 2.66. The molecule has 0 spiro atoms. The Kier molecular flexibility index (Phi) is 2.83. The number of aromatic nitrogens is 2. The maximum Gasteiger partial charge on any atom is 0.0538 e. The first-order valence-electron chi connectivity index (χ1n) is 6.34. The first-order chi connectivity index (χ1) is 7.86. The maximum absolute atomic E-state index is 5.75. The fraction of sp³-hybridized carbons (Fsp3) is 0.769. The molecule has 1 aromatic heterocycles. The lowest BCUT2D eigenvalue weighted by molar-refractivity contribution is 0.417. The molecule has 0 aliphatic heterocycles. The van der Waals surface area contributed by atoms with E-state index >= 15 is 0 Å². The van der Waals surface area contributed by atoms with Crippen LogP contribution in [-0.4, -0.2) is 9.78 Å². The highest BCUT2D eigenvalue weighted by molar-refractivity contribution is 5.23. The fourth-order valence-corrected chi connectivity index (χ4v) is 3.18. The van der Waals surface area contributed by atoms with Crippen molar-refractivity contribution in [2.24, 2.45) is 22.6 Å². The van der Waals surface area contributed by atoms with E-state index in [4.69, 9.17) is 5.84 Å². The monoisotopic (exact) mass is 236 g/mol. The van der Waals surface area contributed by atoms with Crippen molar-refractivity contribution in [1.29, 1.82) is 0 Å². The summed E-state index contributed by atoms with van der Waals surface area (Å²) in [6.07, 6.45) is 4.02. The Hall–Kier alpha value is -0.870. The van der Waals surface area contributed by atoms with Gasteiger partial charge in [0, 0.05) is 18.3 Å². The molecule has 1 saturated carbocycles. The van der Waals surface area contributed by atoms with Crippen LogP contribution in [0, 0.1) is 16.7 Å². The molecule has 1 fully saturated rings. The first-order valence-corrected chi connectivity index (χ1v) is 6.34. The Labute approximate surface area is 104 Å². The average molecular weight is 236 g/mol. The van der Waals surface area contributed by atoms with Gasteiger partial charge < -0.3 is 0 Å². The van der Waals surface area contributed by atoms with Crippen molar-refractivity contribution in [3.63, 3.8) is 0 Å². The molecule has 1 heterocycles. The quantitative estimate of drug-likeness (QED) is 0.621. The van der Waals surface area contributed by atoms with Gasteiger partial charge in [-0.25, -0.2) is 0 Å². The van der Waals surface area contributed by atoms with Gasteiger partial charge in [0.2, 0.25) is 0 Å². The summed E-state index contributed by atoms with van der Waals surface area (Å²) in [4.78, 5) is 0. The predicted molar refractivity (Wildman–Crippen MR) is 69.0 cm³/mol. The summed E-state index contributed by atoms with van der Waals surface area (Å²) in [7, 11) is 0. The number of nitrogens with two attached hydrogens (primary N) is 1. The van der Waals surface area contributed by atoms with Gasteiger partial charge in [-0.2, -0.15) is 5.10 Å². The minimum absolute atomic E-state index is 0.195.